The minimum atomic E-state index is -0.847. The molecule has 1 nitrogen and oxygen atoms in total. The van der Waals surface area contributed by atoms with Gasteiger partial charge < -0.3 is 0 Å². The monoisotopic (exact) mass is 221 g/mol. The first-order chi connectivity index (χ1) is 7.49. The molecule has 0 atom stereocenters. The van der Waals surface area contributed by atoms with Gasteiger partial charge in [0.05, 0.1) is 5.52 Å². The Hall–Kier alpha value is -1.51. The molecular weight excluding hydrogens is 208 g/mol. The molecule has 84 valence electrons. The van der Waals surface area contributed by atoms with E-state index in [-0.39, 0.29) is 5.92 Å². The van der Waals surface area contributed by atoms with Crippen LogP contribution in [0.5, 0.6) is 0 Å². The van der Waals surface area contributed by atoms with Crippen LogP contribution in [0.15, 0.2) is 18.2 Å². The van der Waals surface area contributed by atoms with Crippen LogP contribution in [-0.4, -0.2) is 4.98 Å². The summed E-state index contributed by atoms with van der Waals surface area (Å²) in [5.41, 5.74) is 2.34. The van der Waals surface area contributed by atoms with Crippen LogP contribution < -0.4 is 0 Å². The molecule has 3 heteroatoms. The average molecular weight is 221 g/mol. The lowest BCUT2D eigenvalue weighted by atomic mass is 10.0. The second kappa shape index (κ2) is 3.81. The third-order valence-electron chi connectivity index (χ3n) is 2.67. The van der Waals surface area contributed by atoms with Crippen molar-refractivity contribution < 1.29 is 8.78 Å². The maximum Gasteiger partial charge on any atom is 0.161 e. The van der Waals surface area contributed by atoms with Gasteiger partial charge in [0.2, 0.25) is 0 Å². The molecule has 0 spiro atoms. The van der Waals surface area contributed by atoms with Crippen molar-refractivity contribution in [3.8, 4) is 0 Å². The molecule has 0 aliphatic carbocycles. The number of hydrogen-bond acceptors (Lipinski definition) is 1. The number of aromatic nitrogens is 1. The quantitative estimate of drug-likeness (QED) is 0.710. The molecule has 0 aliphatic heterocycles. The summed E-state index contributed by atoms with van der Waals surface area (Å²) in [7, 11) is 0. The first-order valence-electron chi connectivity index (χ1n) is 5.25. The molecule has 0 saturated carbocycles. The Bertz CT molecular complexity index is 547. The topological polar surface area (TPSA) is 12.9 Å². The normalized spacial score (nSPS) is 11.4. The number of rotatable bonds is 1. The van der Waals surface area contributed by atoms with E-state index in [1.807, 2.05) is 26.8 Å². The van der Waals surface area contributed by atoms with Crippen molar-refractivity contribution in [2.45, 2.75) is 26.7 Å². The Morgan fingerprint density at radius 1 is 1.06 bits per heavy atom. The van der Waals surface area contributed by atoms with Crippen LogP contribution in [0.2, 0.25) is 0 Å². The molecule has 0 amide bonds. The number of aryl methyl sites for hydroxylation is 1. The summed E-state index contributed by atoms with van der Waals surface area (Å²) < 4.78 is 26.2. The minimum Gasteiger partial charge on any atom is -0.252 e. The van der Waals surface area contributed by atoms with E-state index in [9.17, 15) is 8.78 Å². The Balaban J connectivity index is 2.77. The summed E-state index contributed by atoms with van der Waals surface area (Å²) in [5, 5.41) is 0.670. The number of halogens is 2. The molecule has 0 saturated heterocycles. The largest absolute Gasteiger partial charge is 0.252 e. The highest BCUT2D eigenvalue weighted by atomic mass is 19.2. The number of pyridine rings is 1. The van der Waals surface area contributed by atoms with E-state index >= 15 is 0 Å². The molecule has 0 unspecified atom stereocenters. The van der Waals surface area contributed by atoms with Crippen LogP contribution >= 0.6 is 0 Å². The summed E-state index contributed by atoms with van der Waals surface area (Å²) in [5.74, 6) is -1.40. The first-order valence-corrected chi connectivity index (χ1v) is 5.25. The van der Waals surface area contributed by atoms with E-state index in [4.69, 9.17) is 0 Å². The van der Waals surface area contributed by atoms with Crippen LogP contribution in [0.1, 0.15) is 31.0 Å². The third-order valence-corrected chi connectivity index (χ3v) is 2.67. The molecule has 0 aliphatic rings. The Labute approximate surface area is 93.1 Å². The highest BCUT2D eigenvalue weighted by molar-refractivity contribution is 5.82. The molecule has 2 aromatic rings. The molecule has 0 N–H and O–H groups in total. The summed E-state index contributed by atoms with van der Waals surface area (Å²) in [4.78, 5) is 4.33. The Morgan fingerprint density at radius 3 is 2.31 bits per heavy atom. The van der Waals surface area contributed by atoms with E-state index in [0.29, 0.717) is 10.9 Å². The van der Waals surface area contributed by atoms with Crippen LogP contribution in [0.3, 0.4) is 0 Å². The van der Waals surface area contributed by atoms with Gasteiger partial charge in [-0.3, -0.25) is 4.98 Å². The summed E-state index contributed by atoms with van der Waals surface area (Å²) in [6.07, 6.45) is 0. The van der Waals surface area contributed by atoms with Crippen molar-refractivity contribution in [1.29, 1.82) is 0 Å². The standard InChI is InChI=1S/C13H13F2N/c1-7(2)12-4-8(3)9-5-10(14)11(15)6-13(9)16-12/h4-7H,1-3H3. The third kappa shape index (κ3) is 1.77. The maximum absolute atomic E-state index is 13.1. The van der Waals surface area contributed by atoms with Gasteiger partial charge in [-0.2, -0.15) is 0 Å². The van der Waals surface area contributed by atoms with Crippen molar-refractivity contribution in [3.63, 3.8) is 0 Å². The van der Waals surface area contributed by atoms with Crippen molar-refractivity contribution in [2.75, 3.05) is 0 Å². The molecule has 1 aromatic heterocycles. The van der Waals surface area contributed by atoms with Gasteiger partial charge in [0.25, 0.3) is 0 Å². The maximum atomic E-state index is 13.1. The lowest BCUT2D eigenvalue weighted by Crippen LogP contribution is -1.96. The van der Waals surface area contributed by atoms with E-state index in [2.05, 4.69) is 4.98 Å². The van der Waals surface area contributed by atoms with Crippen LogP contribution in [0.25, 0.3) is 10.9 Å². The molecule has 1 aromatic carbocycles. The molecule has 0 fully saturated rings. The lowest BCUT2D eigenvalue weighted by molar-refractivity contribution is 0.510. The SMILES string of the molecule is Cc1cc(C(C)C)nc2cc(F)c(F)cc12. The predicted molar refractivity (Wildman–Crippen MR) is 60.5 cm³/mol. The zero-order valence-corrected chi connectivity index (χ0v) is 9.51. The van der Waals surface area contributed by atoms with Gasteiger partial charge in [-0.15, -0.1) is 0 Å². The number of benzene rings is 1. The highest BCUT2D eigenvalue weighted by Gasteiger charge is 2.10. The second-order valence-corrected chi connectivity index (χ2v) is 4.30. The number of fused-ring (bicyclic) bond motifs is 1. The fraction of sp³-hybridized carbons (Fsp3) is 0.308. The van der Waals surface area contributed by atoms with Gasteiger partial charge in [-0.05, 0) is 30.5 Å². The number of nitrogens with zero attached hydrogens (tertiary/aromatic N) is 1. The van der Waals surface area contributed by atoms with Crippen molar-refractivity contribution in [3.05, 3.63) is 41.1 Å². The fourth-order valence-electron chi connectivity index (χ4n) is 1.71. The van der Waals surface area contributed by atoms with Gasteiger partial charge in [0, 0.05) is 17.1 Å². The second-order valence-electron chi connectivity index (χ2n) is 4.30. The minimum absolute atomic E-state index is 0.274. The van der Waals surface area contributed by atoms with Crippen LogP contribution in [-0.2, 0) is 0 Å². The molecular formula is C13H13F2N. The lowest BCUT2D eigenvalue weighted by Gasteiger charge is -2.09. The Kier molecular flexibility index (Phi) is 2.62. The van der Waals surface area contributed by atoms with E-state index in [0.717, 1.165) is 17.3 Å². The summed E-state index contributed by atoms with van der Waals surface area (Å²) in [6, 6.07) is 4.28. The fourth-order valence-corrected chi connectivity index (χ4v) is 1.71. The summed E-state index contributed by atoms with van der Waals surface area (Å²) >= 11 is 0. The van der Waals surface area contributed by atoms with Gasteiger partial charge in [-0.25, -0.2) is 8.78 Å². The van der Waals surface area contributed by atoms with Gasteiger partial charge in [0.1, 0.15) is 0 Å². The van der Waals surface area contributed by atoms with Gasteiger partial charge in [-0.1, -0.05) is 13.8 Å². The molecule has 2 rings (SSSR count). The highest BCUT2D eigenvalue weighted by Crippen LogP contribution is 2.23. The zero-order chi connectivity index (χ0) is 11.9. The number of hydrogen-bond donors (Lipinski definition) is 0. The average Bonchev–Trinajstić information content (AvgIpc) is 2.20. The van der Waals surface area contributed by atoms with Crippen molar-refractivity contribution in [1.82, 2.24) is 4.98 Å². The smallest absolute Gasteiger partial charge is 0.161 e. The van der Waals surface area contributed by atoms with E-state index in [1.54, 1.807) is 0 Å². The van der Waals surface area contributed by atoms with E-state index in [1.165, 1.54) is 6.07 Å². The van der Waals surface area contributed by atoms with E-state index < -0.39 is 11.6 Å². The van der Waals surface area contributed by atoms with Crippen molar-refractivity contribution in [2.24, 2.45) is 0 Å². The summed E-state index contributed by atoms with van der Waals surface area (Å²) in [6.45, 7) is 5.92. The molecule has 1 heterocycles. The van der Waals surface area contributed by atoms with Crippen LogP contribution in [0, 0.1) is 18.6 Å². The predicted octanol–water partition coefficient (Wildman–Crippen LogP) is 3.94. The van der Waals surface area contributed by atoms with Crippen molar-refractivity contribution >= 4 is 10.9 Å². The van der Waals surface area contributed by atoms with Gasteiger partial charge >= 0.3 is 0 Å². The molecule has 16 heavy (non-hydrogen) atoms. The van der Waals surface area contributed by atoms with Crippen LogP contribution in [0.4, 0.5) is 8.78 Å². The zero-order valence-electron chi connectivity index (χ0n) is 9.51. The Morgan fingerprint density at radius 2 is 1.69 bits per heavy atom. The molecule has 0 bridgehead atoms. The van der Waals surface area contributed by atoms with Gasteiger partial charge in [0.15, 0.2) is 11.6 Å². The first kappa shape index (κ1) is 11.0. The molecule has 0 radical (unpaired) electrons.